The molecule has 0 unspecified atom stereocenters. The van der Waals surface area contributed by atoms with Crippen LogP contribution in [0.25, 0.3) is 0 Å². The summed E-state index contributed by atoms with van der Waals surface area (Å²) >= 11 is 0. The Hall–Kier alpha value is -4.01. The molecule has 1 aromatic heterocycles. The predicted molar refractivity (Wildman–Crippen MR) is 112 cm³/mol. The number of nitrogens with one attached hydrogen (secondary N) is 2. The minimum absolute atomic E-state index is 0.209. The van der Waals surface area contributed by atoms with Gasteiger partial charge in [-0.3, -0.25) is 9.48 Å². The molecule has 4 N–H and O–H groups in total. The lowest BCUT2D eigenvalue weighted by Crippen LogP contribution is -2.20. The predicted octanol–water partition coefficient (Wildman–Crippen LogP) is 2.53. The molecule has 9 heteroatoms. The highest BCUT2D eigenvalue weighted by atomic mass is 16.5. The van der Waals surface area contributed by atoms with Crippen LogP contribution in [0.5, 0.6) is 11.5 Å². The minimum Gasteiger partial charge on any atom is -0.493 e. The molecule has 0 saturated heterocycles. The third-order valence-corrected chi connectivity index (χ3v) is 4.14. The van der Waals surface area contributed by atoms with Crippen LogP contribution >= 0.6 is 0 Å². The first-order valence-electron chi connectivity index (χ1n) is 8.73. The average molecular weight is 394 g/mol. The zero-order valence-electron chi connectivity index (χ0n) is 16.3. The van der Waals surface area contributed by atoms with E-state index in [2.05, 4.69) is 20.9 Å². The van der Waals surface area contributed by atoms with Crippen LogP contribution in [0, 0.1) is 0 Å². The lowest BCUT2D eigenvalue weighted by molar-refractivity contribution is 0.0957. The van der Waals surface area contributed by atoms with Gasteiger partial charge in [0.05, 0.1) is 20.4 Å². The van der Waals surface area contributed by atoms with E-state index in [-0.39, 0.29) is 11.4 Å². The molecule has 0 saturated carbocycles. The summed E-state index contributed by atoms with van der Waals surface area (Å²) in [7, 11) is 4.77. The van der Waals surface area contributed by atoms with E-state index in [0.29, 0.717) is 17.3 Å². The van der Waals surface area contributed by atoms with Crippen LogP contribution in [0.3, 0.4) is 0 Å². The summed E-state index contributed by atoms with van der Waals surface area (Å²) in [5.74, 6) is 1.25. The molecule has 0 fully saturated rings. The molecule has 0 bridgehead atoms. The molecule has 9 nitrogen and oxygen atoms in total. The van der Waals surface area contributed by atoms with Gasteiger partial charge in [0, 0.05) is 12.7 Å². The normalized spacial score (nSPS) is 10.7. The number of aryl methyl sites for hydroxylation is 1. The van der Waals surface area contributed by atoms with Crippen LogP contribution in [0.1, 0.15) is 15.9 Å². The monoisotopic (exact) mass is 394 g/mol. The number of carbonyl (C=O) groups excluding carboxylic acids is 1. The molecule has 0 spiro atoms. The van der Waals surface area contributed by atoms with Crippen molar-refractivity contribution in [1.29, 1.82) is 0 Å². The molecule has 0 atom stereocenters. The SMILES string of the molecule is COc1ccc(/C=N/NC(=O)c2c(Nc3ccccc3)nn(C)c2N)cc1OC. The number of benzene rings is 2. The Morgan fingerprint density at radius 2 is 1.86 bits per heavy atom. The second-order valence-corrected chi connectivity index (χ2v) is 6.04. The number of hydrogen-bond acceptors (Lipinski definition) is 7. The molecule has 2 aromatic carbocycles. The van der Waals surface area contributed by atoms with Gasteiger partial charge in [-0.05, 0) is 35.9 Å². The van der Waals surface area contributed by atoms with E-state index >= 15 is 0 Å². The summed E-state index contributed by atoms with van der Waals surface area (Å²) in [5.41, 5.74) is 10.2. The number of methoxy groups -OCH3 is 2. The van der Waals surface area contributed by atoms with Gasteiger partial charge in [0.2, 0.25) is 0 Å². The number of amides is 1. The molecule has 3 aromatic rings. The Labute approximate surface area is 168 Å². The maximum Gasteiger partial charge on any atom is 0.278 e. The molecule has 0 radical (unpaired) electrons. The van der Waals surface area contributed by atoms with E-state index < -0.39 is 5.91 Å². The van der Waals surface area contributed by atoms with Gasteiger partial charge >= 0.3 is 0 Å². The van der Waals surface area contributed by atoms with Crippen LogP contribution in [-0.4, -0.2) is 36.1 Å². The second-order valence-electron chi connectivity index (χ2n) is 6.04. The molecule has 1 heterocycles. The molecular formula is C20H22N6O3. The van der Waals surface area contributed by atoms with Gasteiger partial charge in [0.25, 0.3) is 5.91 Å². The van der Waals surface area contributed by atoms with Crippen molar-refractivity contribution in [3.05, 3.63) is 59.7 Å². The van der Waals surface area contributed by atoms with Crippen molar-refractivity contribution in [2.24, 2.45) is 12.1 Å². The third-order valence-electron chi connectivity index (χ3n) is 4.14. The first kappa shape index (κ1) is 19.7. The van der Waals surface area contributed by atoms with Crippen LogP contribution in [0.2, 0.25) is 0 Å². The number of nitrogens with zero attached hydrogens (tertiary/aromatic N) is 3. The second kappa shape index (κ2) is 8.79. The zero-order valence-corrected chi connectivity index (χ0v) is 16.3. The Balaban J connectivity index is 1.76. The standard InChI is InChI=1S/C20H22N6O3/c1-26-18(21)17(19(25-26)23-14-7-5-4-6-8-14)20(27)24-22-12-13-9-10-15(28-2)16(11-13)29-3/h4-12H,21H2,1-3H3,(H,23,25)(H,24,27)/b22-12+. The fourth-order valence-corrected chi connectivity index (χ4v) is 2.66. The summed E-state index contributed by atoms with van der Waals surface area (Å²) in [6, 6.07) is 14.7. The maximum absolute atomic E-state index is 12.7. The van der Waals surface area contributed by atoms with Crippen LogP contribution in [0.4, 0.5) is 17.3 Å². The Morgan fingerprint density at radius 3 is 2.55 bits per heavy atom. The Morgan fingerprint density at radius 1 is 1.14 bits per heavy atom. The number of rotatable bonds is 7. The summed E-state index contributed by atoms with van der Waals surface area (Å²) < 4.78 is 11.9. The lowest BCUT2D eigenvalue weighted by atomic mass is 10.2. The maximum atomic E-state index is 12.7. The van der Waals surface area contributed by atoms with E-state index in [0.717, 1.165) is 11.3 Å². The number of carbonyl (C=O) groups is 1. The number of hydrazone groups is 1. The van der Waals surface area contributed by atoms with E-state index in [1.165, 1.54) is 10.9 Å². The quantitative estimate of drug-likeness (QED) is 0.419. The smallest absolute Gasteiger partial charge is 0.278 e. The molecule has 150 valence electrons. The Kier molecular flexibility index (Phi) is 5.98. The van der Waals surface area contributed by atoms with Crippen molar-refractivity contribution in [3.8, 4) is 11.5 Å². The molecule has 0 aliphatic carbocycles. The van der Waals surface area contributed by atoms with Gasteiger partial charge in [-0.15, -0.1) is 0 Å². The van der Waals surface area contributed by atoms with Gasteiger partial charge in [-0.1, -0.05) is 18.2 Å². The molecular weight excluding hydrogens is 372 g/mol. The summed E-state index contributed by atoms with van der Waals surface area (Å²) in [6.07, 6.45) is 1.50. The molecule has 0 aliphatic heterocycles. The number of anilines is 3. The van der Waals surface area contributed by atoms with Gasteiger partial charge in [-0.25, -0.2) is 5.43 Å². The first-order chi connectivity index (χ1) is 14.0. The van der Waals surface area contributed by atoms with Gasteiger partial charge in [0.1, 0.15) is 11.4 Å². The number of nitrogen functional groups attached to an aromatic ring is 1. The van der Waals surface area contributed by atoms with E-state index in [1.807, 2.05) is 30.3 Å². The number of ether oxygens (including phenoxy) is 2. The van der Waals surface area contributed by atoms with Crippen LogP contribution < -0.4 is 25.9 Å². The van der Waals surface area contributed by atoms with Crippen molar-refractivity contribution in [2.45, 2.75) is 0 Å². The number of aromatic nitrogens is 2. The van der Waals surface area contributed by atoms with Crippen molar-refractivity contribution in [3.63, 3.8) is 0 Å². The molecule has 29 heavy (non-hydrogen) atoms. The highest BCUT2D eigenvalue weighted by Crippen LogP contribution is 2.27. The number of hydrogen-bond donors (Lipinski definition) is 3. The average Bonchev–Trinajstić information content (AvgIpc) is 3.01. The van der Waals surface area contributed by atoms with E-state index in [4.69, 9.17) is 15.2 Å². The zero-order chi connectivity index (χ0) is 20.8. The highest BCUT2D eigenvalue weighted by molar-refractivity contribution is 6.04. The molecule has 3 rings (SSSR count). The fourth-order valence-electron chi connectivity index (χ4n) is 2.66. The van der Waals surface area contributed by atoms with Crippen molar-refractivity contribution in [1.82, 2.24) is 15.2 Å². The van der Waals surface area contributed by atoms with Gasteiger partial charge < -0.3 is 20.5 Å². The van der Waals surface area contributed by atoms with E-state index in [1.54, 1.807) is 39.5 Å². The lowest BCUT2D eigenvalue weighted by Gasteiger charge is -2.07. The molecule has 1 amide bonds. The van der Waals surface area contributed by atoms with Crippen molar-refractivity contribution in [2.75, 3.05) is 25.3 Å². The van der Waals surface area contributed by atoms with Crippen LogP contribution in [0.15, 0.2) is 53.6 Å². The first-order valence-corrected chi connectivity index (χ1v) is 8.73. The largest absolute Gasteiger partial charge is 0.493 e. The van der Waals surface area contributed by atoms with E-state index in [9.17, 15) is 4.79 Å². The molecule has 0 aliphatic rings. The summed E-state index contributed by atoms with van der Waals surface area (Å²) in [6.45, 7) is 0. The Bertz CT molecular complexity index is 1030. The van der Waals surface area contributed by atoms with Gasteiger partial charge in [0.15, 0.2) is 17.3 Å². The highest BCUT2D eigenvalue weighted by Gasteiger charge is 2.21. The summed E-state index contributed by atoms with van der Waals surface area (Å²) in [4.78, 5) is 12.7. The van der Waals surface area contributed by atoms with Crippen molar-refractivity contribution < 1.29 is 14.3 Å². The summed E-state index contributed by atoms with van der Waals surface area (Å²) in [5, 5.41) is 11.4. The van der Waals surface area contributed by atoms with Crippen molar-refractivity contribution >= 4 is 29.4 Å². The topological polar surface area (TPSA) is 116 Å². The van der Waals surface area contributed by atoms with Crippen LogP contribution in [-0.2, 0) is 7.05 Å². The fraction of sp³-hybridized carbons (Fsp3) is 0.150. The van der Waals surface area contributed by atoms with Gasteiger partial charge in [-0.2, -0.15) is 10.2 Å². The third kappa shape index (κ3) is 4.46. The number of nitrogens with two attached hydrogens (primary N) is 1. The number of para-hydroxylation sites is 1. The minimum atomic E-state index is -0.481.